The molecule has 2 rings (SSSR count). The standard InChI is InChI=1S/C16H22FN3O3S/c1-4-20-12-14(13(2)18-20)11-19(3)24(21,22)10-9-23-16-8-6-5-7-15(16)17/h5-8,12H,4,9-11H2,1-3H3. The van der Waals surface area contributed by atoms with Gasteiger partial charge in [0.15, 0.2) is 11.6 Å². The average Bonchev–Trinajstić information content (AvgIpc) is 2.89. The van der Waals surface area contributed by atoms with E-state index in [1.807, 2.05) is 20.0 Å². The zero-order valence-electron chi connectivity index (χ0n) is 14.1. The van der Waals surface area contributed by atoms with Crippen molar-refractivity contribution in [3.8, 4) is 5.75 Å². The molecule has 0 saturated carbocycles. The summed E-state index contributed by atoms with van der Waals surface area (Å²) >= 11 is 0. The predicted octanol–water partition coefficient (Wildman–Crippen LogP) is 2.19. The zero-order chi connectivity index (χ0) is 17.7. The largest absolute Gasteiger partial charge is 0.489 e. The van der Waals surface area contributed by atoms with Gasteiger partial charge in [-0.25, -0.2) is 17.1 Å². The Balaban J connectivity index is 1.94. The molecule has 8 heteroatoms. The summed E-state index contributed by atoms with van der Waals surface area (Å²) in [6.45, 7) is 4.68. The van der Waals surface area contributed by atoms with Crippen molar-refractivity contribution in [1.29, 1.82) is 0 Å². The van der Waals surface area contributed by atoms with Crippen LogP contribution in [0.1, 0.15) is 18.2 Å². The monoisotopic (exact) mass is 355 g/mol. The molecule has 0 aliphatic carbocycles. The molecule has 0 saturated heterocycles. The van der Waals surface area contributed by atoms with Gasteiger partial charge in [0.1, 0.15) is 6.61 Å². The fraction of sp³-hybridized carbons (Fsp3) is 0.438. The normalized spacial score (nSPS) is 11.9. The minimum absolute atomic E-state index is 0.0513. The summed E-state index contributed by atoms with van der Waals surface area (Å²) in [5.74, 6) is -0.681. The highest BCUT2D eigenvalue weighted by Crippen LogP contribution is 2.16. The van der Waals surface area contributed by atoms with Crippen LogP contribution in [0.3, 0.4) is 0 Å². The Hall–Kier alpha value is -1.93. The number of ether oxygens (including phenoxy) is 1. The molecule has 24 heavy (non-hydrogen) atoms. The van der Waals surface area contributed by atoms with Gasteiger partial charge in [-0.2, -0.15) is 5.10 Å². The van der Waals surface area contributed by atoms with Crippen LogP contribution in [0.4, 0.5) is 4.39 Å². The van der Waals surface area contributed by atoms with Gasteiger partial charge < -0.3 is 4.74 Å². The quantitative estimate of drug-likeness (QED) is 0.728. The maximum absolute atomic E-state index is 13.4. The van der Waals surface area contributed by atoms with Crippen molar-refractivity contribution in [2.45, 2.75) is 26.9 Å². The van der Waals surface area contributed by atoms with Crippen LogP contribution < -0.4 is 4.74 Å². The van der Waals surface area contributed by atoms with Gasteiger partial charge in [0.05, 0.1) is 11.4 Å². The molecule has 0 spiro atoms. The maximum Gasteiger partial charge on any atom is 0.217 e. The fourth-order valence-corrected chi connectivity index (χ4v) is 3.13. The molecule has 0 aliphatic rings. The summed E-state index contributed by atoms with van der Waals surface area (Å²) in [6.07, 6.45) is 1.84. The Morgan fingerprint density at radius 2 is 2.04 bits per heavy atom. The Labute approximate surface area is 141 Å². The summed E-state index contributed by atoms with van der Waals surface area (Å²) < 4.78 is 46.3. The van der Waals surface area contributed by atoms with Crippen LogP contribution in [0.2, 0.25) is 0 Å². The Bertz CT molecular complexity index is 790. The first-order valence-corrected chi connectivity index (χ1v) is 9.28. The van der Waals surface area contributed by atoms with E-state index in [2.05, 4.69) is 5.10 Å². The van der Waals surface area contributed by atoms with E-state index in [4.69, 9.17) is 4.74 Å². The van der Waals surface area contributed by atoms with Crippen molar-refractivity contribution in [3.63, 3.8) is 0 Å². The van der Waals surface area contributed by atoms with Crippen molar-refractivity contribution < 1.29 is 17.5 Å². The van der Waals surface area contributed by atoms with Gasteiger partial charge in [-0.05, 0) is 26.0 Å². The van der Waals surface area contributed by atoms with Gasteiger partial charge in [-0.1, -0.05) is 12.1 Å². The molecule has 0 aliphatic heterocycles. The lowest BCUT2D eigenvalue weighted by molar-refractivity contribution is 0.319. The summed E-state index contributed by atoms with van der Waals surface area (Å²) in [6, 6.07) is 5.91. The molecule has 0 unspecified atom stereocenters. The number of halogens is 1. The zero-order valence-corrected chi connectivity index (χ0v) is 14.9. The van der Waals surface area contributed by atoms with Crippen LogP contribution in [0.5, 0.6) is 5.75 Å². The van der Waals surface area contributed by atoms with E-state index in [1.54, 1.807) is 16.8 Å². The van der Waals surface area contributed by atoms with E-state index in [-0.39, 0.29) is 24.7 Å². The number of hydrogen-bond donors (Lipinski definition) is 0. The van der Waals surface area contributed by atoms with Crippen LogP contribution >= 0.6 is 0 Å². The lowest BCUT2D eigenvalue weighted by Crippen LogP contribution is -2.31. The van der Waals surface area contributed by atoms with Crippen LogP contribution in [0, 0.1) is 12.7 Å². The lowest BCUT2D eigenvalue weighted by Gasteiger charge is -2.17. The molecule has 0 amide bonds. The van der Waals surface area contributed by atoms with E-state index in [0.29, 0.717) is 0 Å². The summed E-state index contributed by atoms with van der Waals surface area (Å²) in [4.78, 5) is 0. The average molecular weight is 355 g/mol. The van der Waals surface area contributed by atoms with E-state index in [0.717, 1.165) is 17.8 Å². The molecule has 0 N–H and O–H groups in total. The Kier molecular flexibility index (Phi) is 5.95. The van der Waals surface area contributed by atoms with Gasteiger partial charge in [-0.15, -0.1) is 0 Å². The van der Waals surface area contributed by atoms with Crippen molar-refractivity contribution >= 4 is 10.0 Å². The number of nitrogens with zero attached hydrogens (tertiary/aromatic N) is 3. The molecule has 1 aromatic heterocycles. The molecule has 2 aromatic rings. The molecular formula is C16H22FN3O3S. The van der Waals surface area contributed by atoms with Gasteiger partial charge >= 0.3 is 0 Å². The first-order valence-electron chi connectivity index (χ1n) is 7.67. The number of aryl methyl sites for hydroxylation is 2. The van der Waals surface area contributed by atoms with Gasteiger partial charge in [0.2, 0.25) is 10.0 Å². The molecule has 0 bridgehead atoms. The molecule has 0 fully saturated rings. The Morgan fingerprint density at radius 3 is 2.67 bits per heavy atom. The van der Waals surface area contributed by atoms with Crippen molar-refractivity contribution in [3.05, 3.63) is 47.5 Å². The smallest absolute Gasteiger partial charge is 0.217 e. The number of benzene rings is 1. The van der Waals surface area contributed by atoms with E-state index >= 15 is 0 Å². The van der Waals surface area contributed by atoms with E-state index < -0.39 is 15.8 Å². The maximum atomic E-state index is 13.4. The number of aromatic nitrogens is 2. The van der Waals surface area contributed by atoms with E-state index in [1.165, 1.54) is 23.5 Å². The first kappa shape index (κ1) is 18.4. The van der Waals surface area contributed by atoms with Crippen molar-refractivity contribution in [2.24, 2.45) is 0 Å². The molecule has 1 aromatic carbocycles. The third kappa shape index (κ3) is 4.55. The number of hydrogen-bond acceptors (Lipinski definition) is 4. The predicted molar refractivity (Wildman–Crippen MR) is 89.8 cm³/mol. The highest BCUT2D eigenvalue weighted by Gasteiger charge is 2.20. The molecule has 132 valence electrons. The van der Waals surface area contributed by atoms with Crippen LogP contribution in [0.15, 0.2) is 30.5 Å². The second kappa shape index (κ2) is 7.76. The molecule has 0 radical (unpaired) electrons. The van der Waals surface area contributed by atoms with Crippen molar-refractivity contribution in [2.75, 3.05) is 19.4 Å². The SMILES string of the molecule is CCn1cc(CN(C)S(=O)(=O)CCOc2ccccc2F)c(C)n1. The lowest BCUT2D eigenvalue weighted by atomic mass is 10.3. The molecular weight excluding hydrogens is 333 g/mol. The van der Waals surface area contributed by atoms with Crippen molar-refractivity contribution in [1.82, 2.24) is 14.1 Å². The summed E-state index contributed by atoms with van der Waals surface area (Å²) in [5, 5.41) is 4.30. The minimum Gasteiger partial charge on any atom is -0.489 e. The van der Waals surface area contributed by atoms with Gasteiger partial charge in [0, 0.05) is 31.9 Å². The molecule has 6 nitrogen and oxygen atoms in total. The third-order valence-electron chi connectivity index (χ3n) is 3.68. The van der Waals surface area contributed by atoms with Crippen LogP contribution in [0.25, 0.3) is 0 Å². The highest BCUT2D eigenvalue weighted by molar-refractivity contribution is 7.89. The van der Waals surface area contributed by atoms with Gasteiger partial charge in [-0.3, -0.25) is 4.68 Å². The molecule has 0 atom stereocenters. The second-order valence-corrected chi connectivity index (χ2v) is 7.64. The minimum atomic E-state index is -3.51. The fourth-order valence-electron chi connectivity index (χ4n) is 2.19. The van der Waals surface area contributed by atoms with E-state index in [9.17, 15) is 12.8 Å². The first-order chi connectivity index (χ1) is 11.3. The number of sulfonamides is 1. The summed E-state index contributed by atoms with van der Waals surface area (Å²) in [7, 11) is -1.99. The topological polar surface area (TPSA) is 64.4 Å². The highest BCUT2D eigenvalue weighted by atomic mass is 32.2. The third-order valence-corrected chi connectivity index (χ3v) is 5.44. The van der Waals surface area contributed by atoms with Crippen LogP contribution in [-0.2, 0) is 23.1 Å². The van der Waals surface area contributed by atoms with Gasteiger partial charge in [0.25, 0.3) is 0 Å². The Morgan fingerprint density at radius 1 is 1.33 bits per heavy atom. The van der Waals surface area contributed by atoms with Crippen LogP contribution in [-0.4, -0.2) is 41.9 Å². The second-order valence-electron chi connectivity index (χ2n) is 5.45. The number of para-hydroxylation sites is 1. The number of rotatable bonds is 8. The molecule has 1 heterocycles. The summed E-state index contributed by atoms with van der Waals surface area (Å²) in [5.41, 5.74) is 1.67.